The third-order valence-electron chi connectivity index (χ3n) is 7.59. The third-order valence-corrected chi connectivity index (χ3v) is 36.2. The molecule has 0 aliphatic carbocycles. The average molecular weight is 680 g/mol. The molecule has 0 aromatic heterocycles. The first-order valence-corrected chi connectivity index (χ1v) is 24.5. The van der Waals surface area contributed by atoms with Crippen molar-refractivity contribution < 1.29 is 0 Å². The molecule has 7 heteroatoms. The molecule has 0 spiro atoms. The molecule has 0 aliphatic heterocycles. The zero-order valence-electron chi connectivity index (χ0n) is 27.6. The van der Waals surface area contributed by atoms with Crippen LogP contribution < -0.4 is 23.2 Å². The van der Waals surface area contributed by atoms with Crippen LogP contribution in [0.3, 0.4) is 0 Å². The fraction of sp³-hybridized carbons (Fsp3) is 0.455. The van der Waals surface area contributed by atoms with Crippen molar-refractivity contribution in [1.29, 1.82) is 0 Å². The van der Waals surface area contributed by atoms with E-state index in [1.807, 2.05) is 0 Å². The summed E-state index contributed by atoms with van der Waals surface area (Å²) in [5.41, 5.74) is 10.8. The van der Waals surface area contributed by atoms with Crippen molar-refractivity contribution >= 4 is 63.6 Å². The molecular formula is C33H52N4Si2Sn. The van der Waals surface area contributed by atoms with Gasteiger partial charge in [-0.2, -0.15) is 0 Å². The quantitative estimate of drug-likeness (QED) is 0.211. The molecule has 0 bridgehead atoms. The molecule has 0 saturated carbocycles. The monoisotopic (exact) mass is 680 g/mol. The van der Waals surface area contributed by atoms with Gasteiger partial charge in [-0.15, -0.1) is 0 Å². The molecule has 40 heavy (non-hydrogen) atoms. The SMILES string of the molecule is CN(C)c1cccc(N(C)C)c1-c1cccc(-c2c(N(C)C)cccc2N(C)C)[c]1[Sn][CH]([Si](C)(C)C)[Si](C)(C)C. The van der Waals surface area contributed by atoms with Gasteiger partial charge in [0.2, 0.25) is 0 Å². The Morgan fingerprint density at radius 3 is 1.00 bits per heavy atom. The van der Waals surface area contributed by atoms with Gasteiger partial charge in [0.15, 0.2) is 0 Å². The van der Waals surface area contributed by atoms with Crippen LogP contribution in [0.15, 0.2) is 54.6 Å². The van der Waals surface area contributed by atoms with E-state index in [2.05, 4.69) is 170 Å². The van der Waals surface area contributed by atoms with Gasteiger partial charge in [-0.3, -0.25) is 0 Å². The predicted molar refractivity (Wildman–Crippen MR) is 190 cm³/mol. The molecule has 0 atom stereocenters. The van der Waals surface area contributed by atoms with Crippen molar-refractivity contribution in [2.24, 2.45) is 0 Å². The summed E-state index contributed by atoms with van der Waals surface area (Å²) in [5.74, 6) is 0. The molecule has 0 aliphatic rings. The van der Waals surface area contributed by atoms with Crippen molar-refractivity contribution in [3.05, 3.63) is 54.6 Å². The molecule has 216 valence electrons. The first kappa shape index (κ1) is 32.6. The van der Waals surface area contributed by atoms with Crippen LogP contribution in [0, 0.1) is 0 Å². The number of benzene rings is 3. The molecular weight excluding hydrogens is 627 g/mol. The average Bonchev–Trinajstić information content (AvgIpc) is 2.84. The van der Waals surface area contributed by atoms with Gasteiger partial charge in [-0.25, -0.2) is 0 Å². The van der Waals surface area contributed by atoms with Gasteiger partial charge in [0.25, 0.3) is 0 Å². The second-order valence-electron chi connectivity index (χ2n) is 14.0. The molecule has 3 aromatic rings. The van der Waals surface area contributed by atoms with Gasteiger partial charge in [0.05, 0.1) is 0 Å². The van der Waals surface area contributed by atoms with E-state index in [9.17, 15) is 0 Å². The molecule has 0 unspecified atom stereocenters. The van der Waals surface area contributed by atoms with Crippen molar-refractivity contribution in [2.45, 2.75) is 42.5 Å². The first-order valence-electron chi connectivity index (χ1n) is 14.3. The number of hydrogen-bond acceptors (Lipinski definition) is 4. The Hall–Kier alpha value is -1.91. The normalized spacial score (nSPS) is 12.1. The van der Waals surface area contributed by atoms with E-state index in [0.717, 1.165) is 3.18 Å². The Bertz CT molecular complexity index is 1170. The summed E-state index contributed by atoms with van der Waals surface area (Å²) in [6.07, 6.45) is 0. The van der Waals surface area contributed by atoms with Gasteiger partial charge in [0.1, 0.15) is 0 Å². The van der Waals surface area contributed by atoms with Gasteiger partial charge < -0.3 is 0 Å². The van der Waals surface area contributed by atoms with Crippen molar-refractivity contribution in [3.63, 3.8) is 0 Å². The standard InChI is InChI=1S/C26H33N4.C7H19Si2.Sn/c1-27(2)21-14-10-15-22(28(3)4)25(21)19-12-9-13-20(18-19)26-23(29(5)6)16-11-17-24(26)30(7)8;1-8(2,3)7-9(4,5)6;/h9-17H,1-8H3;7H,1-6H3;. The fourth-order valence-corrected chi connectivity index (χ4v) is 29.6. The second kappa shape index (κ2) is 12.5. The van der Waals surface area contributed by atoms with Crippen LogP contribution in [0.25, 0.3) is 22.3 Å². The van der Waals surface area contributed by atoms with Crippen molar-refractivity contribution in [1.82, 2.24) is 0 Å². The van der Waals surface area contributed by atoms with Crippen LogP contribution >= 0.6 is 0 Å². The summed E-state index contributed by atoms with van der Waals surface area (Å²) in [5, 5.41) is 0. The number of nitrogens with zero attached hydrogens (tertiary/aromatic N) is 4. The molecule has 0 heterocycles. The zero-order valence-corrected chi connectivity index (χ0v) is 32.4. The number of anilines is 4. The first-order chi connectivity index (χ1) is 18.5. The Balaban J connectivity index is 2.57. The van der Waals surface area contributed by atoms with E-state index in [1.54, 1.807) is 3.58 Å². The van der Waals surface area contributed by atoms with E-state index in [1.165, 1.54) is 45.0 Å². The number of hydrogen-bond donors (Lipinski definition) is 0. The summed E-state index contributed by atoms with van der Waals surface area (Å²) >= 11 is -1.06. The minimum atomic E-state index is -1.40. The molecule has 3 aromatic carbocycles. The number of rotatable bonds is 10. The van der Waals surface area contributed by atoms with Gasteiger partial charge in [0, 0.05) is 0 Å². The molecule has 3 rings (SSSR count). The summed E-state index contributed by atoms with van der Waals surface area (Å²) in [7, 11) is 14.6. The molecule has 2 radical (unpaired) electrons. The van der Waals surface area contributed by atoms with Crippen LogP contribution in [0.4, 0.5) is 22.7 Å². The summed E-state index contributed by atoms with van der Waals surface area (Å²) < 4.78 is 2.57. The maximum atomic E-state index is 2.62. The Morgan fingerprint density at radius 2 is 0.750 bits per heavy atom. The minimum absolute atomic E-state index is 0.909. The Kier molecular flexibility index (Phi) is 10.2. The van der Waals surface area contributed by atoms with Gasteiger partial charge >= 0.3 is 259 Å². The Labute approximate surface area is 257 Å². The van der Waals surface area contributed by atoms with E-state index >= 15 is 0 Å². The topological polar surface area (TPSA) is 13.0 Å². The van der Waals surface area contributed by atoms with E-state index in [0.29, 0.717) is 0 Å². The van der Waals surface area contributed by atoms with Crippen LogP contribution in [-0.4, -0.2) is 93.7 Å². The maximum absolute atomic E-state index is 2.62. The molecule has 0 amide bonds. The van der Waals surface area contributed by atoms with Crippen LogP contribution in [0.1, 0.15) is 0 Å². The van der Waals surface area contributed by atoms with Crippen molar-refractivity contribution in [3.8, 4) is 22.3 Å². The molecule has 4 nitrogen and oxygen atoms in total. The van der Waals surface area contributed by atoms with E-state index in [4.69, 9.17) is 0 Å². The summed E-state index contributed by atoms with van der Waals surface area (Å²) in [4.78, 5) is 9.16. The molecule has 0 saturated heterocycles. The van der Waals surface area contributed by atoms with E-state index in [-0.39, 0.29) is 0 Å². The summed E-state index contributed by atoms with van der Waals surface area (Å²) in [6, 6.07) is 20.7. The predicted octanol–water partition coefficient (Wildman–Crippen LogP) is 7.16. The molecule has 0 fully saturated rings. The van der Waals surface area contributed by atoms with E-state index < -0.39 is 37.3 Å². The van der Waals surface area contributed by atoms with Crippen LogP contribution in [0.2, 0.25) is 42.5 Å². The third kappa shape index (κ3) is 6.93. The Morgan fingerprint density at radius 1 is 0.475 bits per heavy atom. The van der Waals surface area contributed by atoms with Gasteiger partial charge in [-0.1, -0.05) is 0 Å². The van der Waals surface area contributed by atoms with Gasteiger partial charge in [-0.05, 0) is 0 Å². The van der Waals surface area contributed by atoms with Crippen molar-refractivity contribution in [2.75, 3.05) is 76.0 Å². The molecule has 0 N–H and O–H groups in total. The summed E-state index contributed by atoms with van der Waals surface area (Å²) in [6.45, 7) is 15.7. The van der Waals surface area contributed by atoms with Crippen LogP contribution in [-0.2, 0) is 0 Å². The fourth-order valence-electron chi connectivity index (χ4n) is 6.10. The zero-order chi connectivity index (χ0) is 30.2. The second-order valence-corrected chi connectivity index (χ2v) is 32.3. The van der Waals surface area contributed by atoms with Crippen LogP contribution in [0.5, 0.6) is 0 Å².